The standard InChI is InChI=1S/C13H15FN2O/c1-16(8-11-4-5-17-9-11)7-10-2-3-13(15)12(14)6-10/h2-6,9H,7-8,15H2,1H3. The highest BCUT2D eigenvalue weighted by atomic mass is 19.1. The first-order chi connectivity index (χ1) is 8.15. The van der Waals surface area contributed by atoms with Crippen LogP contribution in [0, 0.1) is 5.82 Å². The molecule has 0 unspecified atom stereocenters. The first-order valence-electron chi connectivity index (χ1n) is 5.38. The lowest BCUT2D eigenvalue weighted by Crippen LogP contribution is -2.17. The lowest BCUT2D eigenvalue weighted by molar-refractivity contribution is 0.317. The van der Waals surface area contributed by atoms with Crippen LogP contribution in [0.1, 0.15) is 11.1 Å². The van der Waals surface area contributed by atoms with Gasteiger partial charge in [-0.2, -0.15) is 0 Å². The summed E-state index contributed by atoms with van der Waals surface area (Å²) in [6.45, 7) is 1.44. The average Bonchev–Trinajstić information content (AvgIpc) is 2.76. The van der Waals surface area contributed by atoms with Gasteiger partial charge in [0.25, 0.3) is 0 Å². The Kier molecular flexibility index (Phi) is 3.44. The topological polar surface area (TPSA) is 42.4 Å². The van der Waals surface area contributed by atoms with Gasteiger partial charge in [-0.15, -0.1) is 0 Å². The number of nitrogens with two attached hydrogens (primary N) is 1. The molecular formula is C13H15FN2O. The number of furan rings is 1. The van der Waals surface area contributed by atoms with E-state index in [1.54, 1.807) is 18.6 Å². The molecule has 2 aromatic rings. The molecule has 2 N–H and O–H groups in total. The maximum Gasteiger partial charge on any atom is 0.146 e. The van der Waals surface area contributed by atoms with Crippen LogP contribution in [0.15, 0.2) is 41.2 Å². The third kappa shape index (κ3) is 3.07. The highest BCUT2D eigenvalue weighted by molar-refractivity contribution is 5.41. The maximum atomic E-state index is 13.2. The molecule has 0 radical (unpaired) electrons. The van der Waals surface area contributed by atoms with Crippen LogP contribution in [0.25, 0.3) is 0 Å². The van der Waals surface area contributed by atoms with Crippen LogP contribution in [0.4, 0.5) is 10.1 Å². The van der Waals surface area contributed by atoms with Crippen LogP contribution >= 0.6 is 0 Å². The Hall–Kier alpha value is -1.81. The molecule has 0 spiro atoms. The minimum absolute atomic E-state index is 0.186. The Morgan fingerprint density at radius 3 is 2.65 bits per heavy atom. The monoisotopic (exact) mass is 234 g/mol. The van der Waals surface area contributed by atoms with Crippen molar-refractivity contribution in [2.75, 3.05) is 12.8 Å². The fraction of sp³-hybridized carbons (Fsp3) is 0.231. The maximum absolute atomic E-state index is 13.2. The van der Waals surface area contributed by atoms with E-state index in [0.717, 1.165) is 17.7 Å². The zero-order valence-electron chi connectivity index (χ0n) is 9.69. The smallest absolute Gasteiger partial charge is 0.146 e. The molecule has 0 saturated carbocycles. The van der Waals surface area contributed by atoms with Crippen molar-refractivity contribution in [3.8, 4) is 0 Å². The van der Waals surface area contributed by atoms with Crippen LogP contribution in [-0.2, 0) is 13.1 Å². The number of nitrogens with zero attached hydrogens (tertiary/aromatic N) is 1. The van der Waals surface area contributed by atoms with E-state index in [-0.39, 0.29) is 11.5 Å². The summed E-state index contributed by atoms with van der Waals surface area (Å²) in [6, 6.07) is 6.82. The summed E-state index contributed by atoms with van der Waals surface area (Å²) in [4.78, 5) is 2.08. The minimum atomic E-state index is -0.362. The number of benzene rings is 1. The molecule has 3 nitrogen and oxygen atoms in total. The summed E-state index contributed by atoms with van der Waals surface area (Å²) in [6.07, 6.45) is 3.35. The minimum Gasteiger partial charge on any atom is -0.472 e. The highest BCUT2D eigenvalue weighted by Gasteiger charge is 2.05. The summed E-state index contributed by atoms with van der Waals surface area (Å²) in [5, 5.41) is 0. The summed E-state index contributed by atoms with van der Waals surface area (Å²) in [5.74, 6) is -0.362. The Labute approximate surface area is 99.6 Å². The first kappa shape index (κ1) is 11.7. The predicted octanol–water partition coefficient (Wildman–Crippen LogP) is 2.63. The van der Waals surface area contributed by atoms with Crippen molar-refractivity contribution in [1.82, 2.24) is 4.90 Å². The van der Waals surface area contributed by atoms with Gasteiger partial charge < -0.3 is 10.2 Å². The van der Waals surface area contributed by atoms with Gasteiger partial charge >= 0.3 is 0 Å². The number of halogens is 1. The molecule has 0 aliphatic carbocycles. The van der Waals surface area contributed by atoms with Gasteiger partial charge in [0.05, 0.1) is 18.2 Å². The SMILES string of the molecule is CN(Cc1ccoc1)Cc1ccc(N)c(F)c1. The van der Waals surface area contributed by atoms with Gasteiger partial charge in [0.2, 0.25) is 0 Å². The lowest BCUT2D eigenvalue weighted by Gasteiger charge is -2.15. The average molecular weight is 234 g/mol. The lowest BCUT2D eigenvalue weighted by atomic mass is 10.2. The van der Waals surface area contributed by atoms with E-state index in [1.807, 2.05) is 19.2 Å². The molecule has 4 heteroatoms. The highest BCUT2D eigenvalue weighted by Crippen LogP contribution is 2.14. The fourth-order valence-electron chi connectivity index (χ4n) is 1.73. The molecule has 0 aliphatic heterocycles. The molecule has 2 rings (SSSR count). The summed E-state index contributed by atoms with van der Waals surface area (Å²) < 4.78 is 18.2. The van der Waals surface area contributed by atoms with Gasteiger partial charge in [-0.05, 0) is 30.8 Å². The second-order valence-electron chi connectivity index (χ2n) is 4.16. The first-order valence-corrected chi connectivity index (χ1v) is 5.38. The Morgan fingerprint density at radius 2 is 2.00 bits per heavy atom. The molecule has 17 heavy (non-hydrogen) atoms. The van der Waals surface area contributed by atoms with Crippen molar-refractivity contribution in [3.63, 3.8) is 0 Å². The fourth-order valence-corrected chi connectivity index (χ4v) is 1.73. The molecular weight excluding hydrogens is 219 g/mol. The molecule has 90 valence electrons. The van der Waals surface area contributed by atoms with E-state index in [1.165, 1.54) is 6.07 Å². The van der Waals surface area contributed by atoms with Crippen molar-refractivity contribution in [2.45, 2.75) is 13.1 Å². The third-order valence-electron chi connectivity index (χ3n) is 2.55. The summed E-state index contributed by atoms with van der Waals surface area (Å²) in [5.41, 5.74) is 7.62. The van der Waals surface area contributed by atoms with Gasteiger partial charge in [-0.25, -0.2) is 4.39 Å². The van der Waals surface area contributed by atoms with E-state index in [2.05, 4.69) is 4.90 Å². The largest absolute Gasteiger partial charge is 0.472 e. The van der Waals surface area contributed by atoms with Crippen LogP contribution in [0.3, 0.4) is 0 Å². The van der Waals surface area contributed by atoms with Gasteiger partial charge in [-0.1, -0.05) is 6.07 Å². The van der Waals surface area contributed by atoms with E-state index < -0.39 is 0 Å². The Morgan fingerprint density at radius 1 is 1.24 bits per heavy atom. The number of anilines is 1. The van der Waals surface area contributed by atoms with E-state index in [9.17, 15) is 4.39 Å². The number of nitrogen functional groups attached to an aromatic ring is 1. The second kappa shape index (κ2) is 5.01. The molecule has 0 fully saturated rings. The van der Waals surface area contributed by atoms with Crippen molar-refractivity contribution in [2.24, 2.45) is 0 Å². The molecule has 0 amide bonds. The van der Waals surface area contributed by atoms with E-state index >= 15 is 0 Å². The van der Waals surface area contributed by atoms with E-state index in [0.29, 0.717) is 6.54 Å². The van der Waals surface area contributed by atoms with Crippen molar-refractivity contribution >= 4 is 5.69 Å². The summed E-state index contributed by atoms with van der Waals surface area (Å²) in [7, 11) is 1.97. The van der Waals surface area contributed by atoms with Gasteiger partial charge in [0.1, 0.15) is 5.82 Å². The van der Waals surface area contributed by atoms with Gasteiger partial charge in [-0.3, -0.25) is 4.90 Å². The van der Waals surface area contributed by atoms with E-state index in [4.69, 9.17) is 10.2 Å². The van der Waals surface area contributed by atoms with Crippen molar-refractivity contribution < 1.29 is 8.81 Å². The molecule has 0 saturated heterocycles. The van der Waals surface area contributed by atoms with Crippen molar-refractivity contribution in [3.05, 3.63) is 53.7 Å². The number of hydrogen-bond donors (Lipinski definition) is 1. The molecule has 0 atom stereocenters. The van der Waals surface area contributed by atoms with Crippen LogP contribution in [0.2, 0.25) is 0 Å². The van der Waals surface area contributed by atoms with Crippen LogP contribution in [-0.4, -0.2) is 11.9 Å². The zero-order chi connectivity index (χ0) is 12.3. The Bertz CT molecular complexity index is 482. The quantitative estimate of drug-likeness (QED) is 0.827. The summed E-state index contributed by atoms with van der Waals surface area (Å²) >= 11 is 0. The molecule has 0 aliphatic rings. The molecule has 0 bridgehead atoms. The normalized spacial score (nSPS) is 11.0. The van der Waals surface area contributed by atoms with Crippen molar-refractivity contribution in [1.29, 1.82) is 0 Å². The molecule has 1 heterocycles. The molecule has 1 aromatic heterocycles. The van der Waals surface area contributed by atoms with Gasteiger partial charge in [0.15, 0.2) is 0 Å². The number of rotatable bonds is 4. The van der Waals surface area contributed by atoms with Crippen LogP contribution < -0.4 is 5.73 Å². The molecule has 1 aromatic carbocycles. The number of hydrogen-bond acceptors (Lipinski definition) is 3. The second-order valence-corrected chi connectivity index (χ2v) is 4.16. The van der Waals surface area contributed by atoms with Gasteiger partial charge in [0, 0.05) is 18.7 Å². The van der Waals surface area contributed by atoms with Crippen LogP contribution in [0.5, 0.6) is 0 Å². The Balaban J connectivity index is 1.98. The third-order valence-corrected chi connectivity index (χ3v) is 2.55. The predicted molar refractivity (Wildman–Crippen MR) is 64.7 cm³/mol. The zero-order valence-corrected chi connectivity index (χ0v) is 9.69.